The van der Waals surface area contributed by atoms with E-state index in [4.69, 9.17) is 20.1 Å². The number of hydrogen-bond acceptors (Lipinski definition) is 5. The van der Waals surface area contributed by atoms with Gasteiger partial charge < -0.3 is 4.74 Å². The Balaban J connectivity index is 1.27. The lowest BCUT2D eigenvalue weighted by molar-refractivity contribution is 0.309. The van der Waals surface area contributed by atoms with E-state index in [9.17, 15) is 0 Å². The minimum Gasteiger partial charge on any atom is -0.488 e. The third-order valence-corrected chi connectivity index (χ3v) is 8.90. The van der Waals surface area contributed by atoms with E-state index in [-0.39, 0.29) is 0 Å². The Morgan fingerprint density at radius 1 is 0.592 bits per heavy atom. The third-order valence-electron chi connectivity index (χ3n) is 8.90. The number of ether oxygens (including phenoxy) is 1. The topological polar surface area (TPSA) is 65.7 Å². The van der Waals surface area contributed by atoms with Crippen LogP contribution in [0.2, 0.25) is 0 Å². The Labute approximate surface area is 285 Å². The quantitative estimate of drug-likeness (QED) is 0.148. The van der Waals surface area contributed by atoms with Gasteiger partial charge in [-0.3, -0.25) is 4.98 Å². The summed E-state index contributed by atoms with van der Waals surface area (Å²) in [6, 6.07) is 57.9. The summed E-state index contributed by atoms with van der Waals surface area (Å²) in [6.45, 7) is 2.35. The summed E-state index contributed by atoms with van der Waals surface area (Å²) in [7, 11) is 0. The smallest absolute Gasteiger partial charge is 0.205 e. The van der Waals surface area contributed by atoms with Gasteiger partial charge in [-0.25, -0.2) is 0 Å². The monoisotopic (exact) mass is 635 g/mol. The van der Waals surface area contributed by atoms with Gasteiger partial charge in [0.1, 0.15) is 12.4 Å². The molecule has 0 aliphatic carbocycles. The lowest BCUT2D eigenvalue weighted by Gasteiger charge is -2.34. The minimum atomic E-state index is -0.872. The van der Waals surface area contributed by atoms with E-state index in [1.165, 1.54) is 0 Å². The highest BCUT2D eigenvalue weighted by molar-refractivity contribution is 5.85. The molecule has 0 aliphatic heterocycles. The maximum absolute atomic E-state index is 6.45. The van der Waals surface area contributed by atoms with Crippen molar-refractivity contribution in [3.05, 3.63) is 198 Å². The molecule has 0 radical (unpaired) electrons. The number of rotatable bonds is 9. The van der Waals surface area contributed by atoms with Crippen LogP contribution in [0.3, 0.4) is 0 Å². The first-order chi connectivity index (χ1) is 24.2. The average molecular weight is 636 g/mol. The van der Waals surface area contributed by atoms with Crippen LogP contribution in [0.1, 0.15) is 27.9 Å². The van der Waals surface area contributed by atoms with Gasteiger partial charge in [0.25, 0.3) is 0 Å². The predicted octanol–water partition coefficient (Wildman–Crippen LogP) is 9.28. The van der Waals surface area contributed by atoms with E-state index < -0.39 is 5.54 Å². The number of fused-ring (bicyclic) bond motifs is 1. The molecule has 8 rings (SSSR count). The molecule has 0 bridgehead atoms. The summed E-state index contributed by atoms with van der Waals surface area (Å²) in [5.41, 5.74) is 7.98. The maximum atomic E-state index is 6.45. The largest absolute Gasteiger partial charge is 0.488 e. The van der Waals surface area contributed by atoms with E-state index >= 15 is 0 Å². The van der Waals surface area contributed by atoms with Gasteiger partial charge in [0.05, 0.1) is 5.52 Å². The molecule has 6 nitrogen and oxygen atoms in total. The van der Waals surface area contributed by atoms with Crippen LogP contribution in [0.4, 0.5) is 0 Å². The Bertz CT molecular complexity index is 2240. The van der Waals surface area contributed by atoms with Gasteiger partial charge in [-0.1, -0.05) is 146 Å². The molecule has 8 aromatic rings. The molecule has 0 spiro atoms. The second kappa shape index (κ2) is 13.0. The fourth-order valence-corrected chi connectivity index (χ4v) is 6.63. The van der Waals surface area contributed by atoms with Gasteiger partial charge >= 0.3 is 0 Å². The van der Waals surface area contributed by atoms with Gasteiger partial charge in [0.15, 0.2) is 5.54 Å². The van der Waals surface area contributed by atoms with Gasteiger partial charge in [-0.2, -0.15) is 0 Å². The molecule has 0 atom stereocenters. The van der Waals surface area contributed by atoms with Crippen LogP contribution in [-0.4, -0.2) is 25.2 Å². The molecule has 0 aliphatic rings. The Morgan fingerprint density at radius 3 is 1.80 bits per heavy atom. The summed E-state index contributed by atoms with van der Waals surface area (Å²) in [5, 5.41) is 15.8. The summed E-state index contributed by atoms with van der Waals surface area (Å²) in [6.07, 6.45) is 0. The van der Waals surface area contributed by atoms with Crippen molar-refractivity contribution in [2.45, 2.75) is 19.1 Å². The van der Waals surface area contributed by atoms with Gasteiger partial charge in [-0.05, 0) is 63.7 Å². The summed E-state index contributed by atoms with van der Waals surface area (Å²) in [4.78, 5) is 6.44. The summed E-state index contributed by atoms with van der Waals surface area (Å²) in [5.74, 6) is 1.33. The van der Waals surface area contributed by atoms with Gasteiger partial charge in [-0.15, -0.1) is 15.0 Å². The molecule has 0 saturated carbocycles. The van der Waals surface area contributed by atoms with Crippen LogP contribution in [0.25, 0.3) is 33.4 Å². The van der Waals surface area contributed by atoms with Crippen molar-refractivity contribution < 1.29 is 4.74 Å². The number of nitrogens with zero attached hydrogens (tertiary/aromatic N) is 5. The first-order valence-electron chi connectivity index (χ1n) is 16.3. The van der Waals surface area contributed by atoms with Crippen LogP contribution in [0.15, 0.2) is 170 Å². The molecule has 0 saturated heterocycles. The second-order valence-electron chi connectivity index (χ2n) is 12.0. The van der Waals surface area contributed by atoms with E-state index in [1.54, 1.807) is 4.80 Å². The lowest BCUT2D eigenvalue weighted by atomic mass is 9.77. The molecule has 0 unspecified atom stereocenters. The van der Waals surface area contributed by atoms with Crippen molar-refractivity contribution in [1.82, 2.24) is 25.2 Å². The lowest BCUT2D eigenvalue weighted by Crippen LogP contribution is -2.39. The zero-order valence-electron chi connectivity index (χ0n) is 27.0. The molecular weight excluding hydrogens is 603 g/mol. The van der Waals surface area contributed by atoms with Crippen LogP contribution in [-0.2, 0) is 12.1 Å². The molecule has 0 N–H and O–H groups in total. The number of aromatic nitrogens is 5. The van der Waals surface area contributed by atoms with Crippen LogP contribution in [0, 0.1) is 6.92 Å². The van der Waals surface area contributed by atoms with Crippen molar-refractivity contribution >= 4 is 10.9 Å². The maximum Gasteiger partial charge on any atom is 0.205 e. The Morgan fingerprint density at radius 2 is 1.16 bits per heavy atom. The number of pyridine rings is 1. The van der Waals surface area contributed by atoms with E-state index in [0.29, 0.717) is 12.4 Å². The van der Waals surface area contributed by atoms with E-state index in [2.05, 4.69) is 108 Å². The summed E-state index contributed by atoms with van der Waals surface area (Å²) >= 11 is 0. The fraction of sp³-hybridized carbons (Fsp3) is 0.0698. The Kier molecular flexibility index (Phi) is 7.96. The molecular formula is C43H33N5O. The fourth-order valence-electron chi connectivity index (χ4n) is 6.63. The molecule has 0 amide bonds. The normalized spacial score (nSPS) is 11.4. The van der Waals surface area contributed by atoms with Crippen molar-refractivity contribution in [3.8, 4) is 28.3 Å². The second-order valence-corrected chi connectivity index (χ2v) is 12.0. The first-order valence-corrected chi connectivity index (χ1v) is 16.3. The molecule has 49 heavy (non-hydrogen) atoms. The Hall–Kier alpha value is -6.40. The zero-order chi connectivity index (χ0) is 33.0. The predicted molar refractivity (Wildman–Crippen MR) is 194 cm³/mol. The average Bonchev–Trinajstić information content (AvgIpc) is 3.66. The molecule has 236 valence electrons. The van der Waals surface area contributed by atoms with Gasteiger partial charge in [0, 0.05) is 22.7 Å². The van der Waals surface area contributed by atoms with Crippen molar-refractivity contribution in [1.29, 1.82) is 0 Å². The van der Waals surface area contributed by atoms with E-state index in [0.717, 1.165) is 61.3 Å². The minimum absolute atomic E-state index is 0.367. The molecule has 0 fully saturated rings. The number of hydrogen-bond donors (Lipinski definition) is 0. The summed E-state index contributed by atoms with van der Waals surface area (Å²) < 4.78 is 6.45. The van der Waals surface area contributed by atoms with Gasteiger partial charge in [0.2, 0.25) is 5.82 Å². The number of para-hydroxylation sites is 1. The highest BCUT2D eigenvalue weighted by Gasteiger charge is 2.41. The SMILES string of the molecule is Cc1cc(OCc2ccc(-c3ccccc3)c(-c3nnn(C(c4ccccc4)(c4ccccc4)c4ccccc4)n3)c2)c2ccccc2n1. The highest BCUT2D eigenvalue weighted by Crippen LogP contribution is 2.40. The zero-order valence-corrected chi connectivity index (χ0v) is 27.0. The first kappa shape index (κ1) is 30.0. The van der Waals surface area contributed by atoms with E-state index in [1.807, 2.05) is 73.7 Å². The van der Waals surface area contributed by atoms with Crippen molar-refractivity contribution in [2.24, 2.45) is 0 Å². The standard InChI is InChI=1S/C43H33N5O/c1-31-28-41(38-24-14-15-25-40(38)44-31)49-30-32-26-27-37(33-16-6-2-7-17-33)39(29-32)42-45-47-48(46-42)43(34-18-8-3-9-19-34,35-20-10-4-11-21-35)36-22-12-5-13-23-36/h2-29H,30H2,1H3. The van der Waals surface area contributed by atoms with Crippen molar-refractivity contribution in [2.75, 3.05) is 0 Å². The highest BCUT2D eigenvalue weighted by atomic mass is 16.5. The van der Waals surface area contributed by atoms with Crippen LogP contribution < -0.4 is 4.74 Å². The molecule has 2 heterocycles. The number of benzene rings is 6. The number of aryl methyl sites for hydroxylation is 1. The van der Waals surface area contributed by atoms with Crippen molar-refractivity contribution in [3.63, 3.8) is 0 Å². The molecule has 2 aromatic heterocycles. The van der Waals surface area contributed by atoms with Crippen LogP contribution in [0.5, 0.6) is 5.75 Å². The van der Waals surface area contributed by atoms with Crippen LogP contribution >= 0.6 is 0 Å². The number of tetrazole rings is 1. The molecule has 6 heteroatoms. The third kappa shape index (κ3) is 5.63. The molecule has 6 aromatic carbocycles.